The molecular formula is C17H18O2. The number of hydrogen-bond donors (Lipinski definition) is 1. The molecule has 1 fully saturated rings. The van der Waals surface area contributed by atoms with Gasteiger partial charge >= 0.3 is 0 Å². The van der Waals surface area contributed by atoms with Crippen molar-refractivity contribution >= 4 is 11.9 Å². The van der Waals surface area contributed by atoms with Crippen LogP contribution in [0.3, 0.4) is 0 Å². The van der Waals surface area contributed by atoms with Crippen molar-refractivity contribution in [3.05, 3.63) is 47.6 Å². The van der Waals surface area contributed by atoms with Crippen LogP contribution in [0.15, 0.2) is 42.0 Å². The van der Waals surface area contributed by atoms with Crippen LogP contribution in [0.5, 0.6) is 5.75 Å². The number of carbonyl (C=O) groups excluding carboxylic acids is 1. The summed E-state index contributed by atoms with van der Waals surface area (Å²) in [6, 6.07) is 7.13. The van der Waals surface area contributed by atoms with Gasteiger partial charge in [0.15, 0.2) is 5.78 Å². The van der Waals surface area contributed by atoms with Crippen molar-refractivity contribution in [1.82, 2.24) is 0 Å². The second kappa shape index (κ2) is 4.09. The molecule has 4 rings (SSSR count). The maximum Gasteiger partial charge on any atom is 0.159 e. The van der Waals surface area contributed by atoms with Crippen molar-refractivity contribution in [3.8, 4) is 5.75 Å². The van der Waals surface area contributed by atoms with E-state index >= 15 is 0 Å². The molecule has 3 aliphatic rings. The molecule has 2 bridgehead atoms. The molecule has 0 radical (unpaired) electrons. The second-order valence-corrected chi connectivity index (χ2v) is 6.14. The highest BCUT2D eigenvalue weighted by Gasteiger charge is 2.54. The minimum Gasteiger partial charge on any atom is -0.508 e. The third-order valence-electron chi connectivity index (χ3n) is 4.66. The summed E-state index contributed by atoms with van der Waals surface area (Å²) in [5, 5.41) is 9.43. The maximum absolute atomic E-state index is 12.0. The molecule has 2 atom stereocenters. The molecule has 98 valence electrons. The van der Waals surface area contributed by atoms with Gasteiger partial charge in [0.05, 0.1) is 0 Å². The van der Waals surface area contributed by atoms with E-state index in [1.807, 2.05) is 24.3 Å². The number of fused-ring (bicyclic) bond motifs is 1. The zero-order valence-corrected chi connectivity index (χ0v) is 11.3. The molecule has 1 saturated carbocycles. The largest absolute Gasteiger partial charge is 0.508 e. The quantitative estimate of drug-likeness (QED) is 0.876. The van der Waals surface area contributed by atoms with Gasteiger partial charge in [0.2, 0.25) is 0 Å². The van der Waals surface area contributed by atoms with Crippen LogP contribution in [0, 0.1) is 17.3 Å². The summed E-state index contributed by atoms with van der Waals surface area (Å²) < 4.78 is 0. The van der Waals surface area contributed by atoms with Crippen LogP contribution in [0.4, 0.5) is 0 Å². The fourth-order valence-corrected chi connectivity index (χ4v) is 3.32. The summed E-state index contributed by atoms with van der Waals surface area (Å²) in [7, 11) is 0. The lowest BCUT2D eigenvalue weighted by Gasteiger charge is -2.54. The van der Waals surface area contributed by atoms with E-state index in [2.05, 4.69) is 13.8 Å². The molecule has 0 amide bonds. The first-order valence-corrected chi connectivity index (χ1v) is 6.71. The normalized spacial score (nSPS) is 28.1. The molecule has 0 aliphatic heterocycles. The van der Waals surface area contributed by atoms with Gasteiger partial charge in [-0.3, -0.25) is 4.79 Å². The number of rotatable bonds is 2. The molecule has 1 N–H and O–H groups in total. The number of phenols is 1. The van der Waals surface area contributed by atoms with Gasteiger partial charge in [0.1, 0.15) is 5.75 Å². The van der Waals surface area contributed by atoms with Gasteiger partial charge in [0.25, 0.3) is 0 Å². The molecule has 2 heteroatoms. The standard InChI is InChI=1S/C17H18O2/c1-17(2)14-10-15(17)16(19)9-12(14)7-6-11-4-3-5-13(18)8-11/h3-9,14-15,18H,10H2,1-2H3/t14-,15+/m0/s1. The van der Waals surface area contributed by atoms with Gasteiger partial charge in [-0.1, -0.05) is 38.1 Å². The SMILES string of the molecule is CC1(C)[C@@H]2C[C@H]1C(C=Cc1cccc(O)c1)=CC2=O. The summed E-state index contributed by atoms with van der Waals surface area (Å²) in [5.74, 6) is 1.24. The van der Waals surface area contributed by atoms with Crippen LogP contribution < -0.4 is 0 Å². The van der Waals surface area contributed by atoms with E-state index in [0.717, 1.165) is 17.6 Å². The fraction of sp³-hybridized carbons (Fsp3) is 0.353. The first-order valence-electron chi connectivity index (χ1n) is 6.71. The minimum atomic E-state index is 0.102. The number of phenolic OH excluding ortho intramolecular Hbond substituents is 1. The number of allylic oxidation sites excluding steroid dienone is 3. The van der Waals surface area contributed by atoms with E-state index in [1.165, 1.54) is 0 Å². The average molecular weight is 254 g/mol. The highest BCUT2D eigenvalue weighted by molar-refractivity contribution is 5.96. The van der Waals surface area contributed by atoms with Crippen LogP contribution in [0.1, 0.15) is 25.8 Å². The van der Waals surface area contributed by atoms with E-state index in [0.29, 0.717) is 5.92 Å². The first kappa shape index (κ1) is 12.2. The Morgan fingerprint density at radius 2 is 2.05 bits per heavy atom. The van der Waals surface area contributed by atoms with Crippen molar-refractivity contribution in [3.63, 3.8) is 0 Å². The van der Waals surface area contributed by atoms with E-state index in [4.69, 9.17) is 0 Å². The van der Waals surface area contributed by atoms with Crippen LogP contribution in [0.25, 0.3) is 6.08 Å². The van der Waals surface area contributed by atoms with Gasteiger partial charge in [-0.2, -0.15) is 0 Å². The van der Waals surface area contributed by atoms with E-state index in [1.54, 1.807) is 18.2 Å². The van der Waals surface area contributed by atoms with E-state index < -0.39 is 0 Å². The van der Waals surface area contributed by atoms with E-state index in [-0.39, 0.29) is 22.9 Å². The lowest BCUT2D eigenvalue weighted by Crippen LogP contribution is -2.52. The van der Waals surface area contributed by atoms with Crippen molar-refractivity contribution in [2.24, 2.45) is 17.3 Å². The Morgan fingerprint density at radius 1 is 1.26 bits per heavy atom. The number of aromatic hydroxyl groups is 1. The molecule has 0 saturated heterocycles. The molecule has 3 aliphatic carbocycles. The second-order valence-electron chi connectivity index (χ2n) is 6.14. The molecule has 1 aromatic carbocycles. The molecule has 1 aromatic rings. The zero-order valence-electron chi connectivity index (χ0n) is 11.3. The summed E-state index contributed by atoms with van der Waals surface area (Å²) in [6.45, 7) is 4.36. The Balaban J connectivity index is 1.86. The predicted molar refractivity (Wildman–Crippen MR) is 75.6 cm³/mol. The molecule has 0 aromatic heterocycles. The van der Waals surface area contributed by atoms with Gasteiger partial charge in [-0.05, 0) is 47.1 Å². The molecule has 0 spiro atoms. The highest BCUT2D eigenvalue weighted by atomic mass is 16.3. The third kappa shape index (κ3) is 1.92. The van der Waals surface area contributed by atoms with Crippen LogP contribution in [0.2, 0.25) is 0 Å². The third-order valence-corrected chi connectivity index (χ3v) is 4.66. The Hall–Kier alpha value is -1.83. The lowest BCUT2D eigenvalue weighted by atomic mass is 9.48. The van der Waals surface area contributed by atoms with E-state index in [9.17, 15) is 9.90 Å². The maximum atomic E-state index is 12.0. The highest BCUT2D eigenvalue weighted by Crippen LogP contribution is 2.58. The van der Waals surface area contributed by atoms with Gasteiger partial charge < -0.3 is 5.11 Å². The Bertz CT molecular complexity index is 593. The number of ketones is 1. The molecule has 2 nitrogen and oxygen atoms in total. The summed E-state index contributed by atoms with van der Waals surface area (Å²) in [6.07, 6.45) is 6.77. The number of hydrogen-bond acceptors (Lipinski definition) is 2. The molecule has 0 heterocycles. The average Bonchev–Trinajstić information content (AvgIpc) is 2.35. The van der Waals surface area contributed by atoms with Gasteiger partial charge in [-0.15, -0.1) is 0 Å². The first-order chi connectivity index (χ1) is 8.98. The topological polar surface area (TPSA) is 37.3 Å². The zero-order chi connectivity index (χ0) is 13.6. The van der Waals surface area contributed by atoms with Crippen molar-refractivity contribution in [2.75, 3.05) is 0 Å². The molecular weight excluding hydrogens is 236 g/mol. The summed E-state index contributed by atoms with van der Waals surface area (Å²) in [4.78, 5) is 12.0. The number of carbonyl (C=O) groups is 1. The Labute approximate surface area is 113 Å². The smallest absolute Gasteiger partial charge is 0.159 e. The molecule has 0 unspecified atom stereocenters. The fourth-order valence-electron chi connectivity index (χ4n) is 3.32. The van der Waals surface area contributed by atoms with Crippen molar-refractivity contribution < 1.29 is 9.90 Å². The van der Waals surface area contributed by atoms with Gasteiger partial charge in [-0.25, -0.2) is 0 Å². The Morgan fingerprint density at radius 3 is 2.68 bits per heavy atom. The monoisotopic (exact) mass is 254 g/mol. The van der Waals surface area contributed by atoms with Crippen molar-refractivity contribution in [2.45, 2.75) is 20.3 Å². The minimum absolute atomic E-state index is 0.102. The molecule has 19 heavy (non-hydrogen) atoms. The van der Waals surface area contributed by atoms with Crippen molar-refractivity contribution in [1.29, 1.82) is 0 Å². The summed E-state index contributed by atoms with van der Waals surface area (Å²) in [5.41, 5.74) is 2.18. The summed E-state index contributed by atoms with van der Waals surface area (Å²) >= 11 is 0. The van der Waals surface area contributed by atoms with Crippen LogP contribution in [-0.4, -0.2) is 10.9 Å². The predicted octanol–water partition coefficient (Wildman–Crippen LogP) is 3.58. The van der Waals surface area contributed by atoms with Gasteiger partial charge in [0, 0.05) is 5.92 Å². The van der Waals surface area contributed by atoms with Crippen LogP contribution >= 0.6 is 0 Å². The van der Waals surface area contributed by atoms with Crippen LogP contribution in [-0.2, 0) is 4.79 Å². The Kier molecular flexibility index (Phi) is 2.63. The lowest BCUT2D eigenvalue weighted by molar-refractivity contribution is -0.133. The number of benzene rings is 1.